The molecule has 2 N–H and O–H groups in total. The van der Waals surface area contributed by atoms with Crippen molar-refractivity contribution < 1.29 is 29.3 Å². The molecule has 0 radical (unpaired) electrons. The lowest BCUT2D eigenvalue weighted by Gasteiger charge is -2.53. The van der Waals surface area contributed by atoms with Crippen molar-refractivity contribution in [3.63, 3.8) is 0 Å². The van der Waals surface area contributed by atoms with Crippen LogP contribution in [0.25, 0.3) is 0 Å². The van der Waals surface area contributed by atoms with Crippen LogP contribution in [0.5, 0.6) is 0 Å². The Morgan fingerprint density at radius 3 is 2.84 bits per heavy atom. The lowest BCUT2D eigenvalue weighted by Crippen LogP contribution is -2.57. The van der Waals surface area contributed by atoms with Crippen LogP contribution < -0.4 is 0 Å². The van der Waals surface area contributed by atoms with Gasteiger partial charge in [0, 0.05) is 23.3 Å². The average molecular weight is 348 g/mol. The van der Waals surface area contributed by atoms with Crippen LogP contribution in [0, 0.1) is 17.3 Å². The van der Waals surface area contributed by atoms with Crippen LogP contribution in [0.2, 0.25) is 0 Å². The van der Waals surface area contributed by atoms with E-state index in [0.29, 0.717) is 18.4 Å². The molecule has 25 heavy (non-hydrogen) atoms. The summed E-state index contributed by atoms with van der Waals surface area (Å²) in [5, 5.41) is 19.7. The van der Waals surface area contributed by atoms with Crippen molar-refractivity contribution in [2.24, 2.45) is 17.3 Å². The molecule has 0 amide bonds. The molecule has 2 aliphatic carbocycles. The second kappa shape index (κ2) is 6.11. The third kappa shape index (κ3) is 2.64. The van der Waals surface area contributed by atoms with Gasteiger partial charge in [-0.05, 0) is 13.3 Å². The second-order valence-corrected chi connectivity index (χ2v) is 7.52. The molecule has 6 heteroatoms. The van der Waals surface area contributed by atoms with Gasteiger partial charge < -0.3 is 19.7 Å². The Hall–Kier alpha value is -1.92. The fourth-order valence-electron chi connectivity index (χ4n) is 4.67. The van der Waals surface area contributed by atoms with E-state index in [4.69, 9.17) is 14.6 Å². The van der Waals surface area contributed by atoms with Crippen LogP contribution in [-0.4, -0.2) is 47.1 Å². The van der Waals surface area contributed by atoms with Gasteiger partial charge in [0.15, 0.2) is 0 Å². The van der Waals surface area contributed by atoms with Gasteiger partial charge in [0.25, 0.3) is 0 Å². The summed E-state index contributed by atoms with van der Waals surface area (Å²) in [5.74, 6) is -1.72. The molecule has 6 atom stereocenters. The molecule has 1 heterocycles. The van der Waals surface area contributed by atoms with E-state index in [2.05, 4.69) is 13.2 Å². The van der Waals surface area contributed by atoms with Crippen LogP contribution in [0.15, 0.2) is 36.0 Å². The minimum atomic E-state index is -0.793. The molecule has 0 aromatic rings. The standard InChI is InChI=1S/C19H24O6/c1-9-5-6-13(24-17(22)10(2)8-20)19(4)7-12(21)14-11(3)18(23)25-16(14)15(9)19/h5,12-16,20-21H,2-3,6-8H2,1,4H3. The van der Waals surface area contributed by atoms with Crippen molar-refractivity contribution in [2.75, 3.05) is 6.61 Å². The molecule has 6 unspecified atom stereocenters. The third-order valence-corrected chi connectivity index (χ3v) is 5.97. The molecule has 1 saturated carbocycles. The van der Waals surface area contributed by atoms with Gasteiger partial charge in [0.05, 0.1) is 24.2 Å². The highest BCUT2D eigenvalue weighted by molar-refractivity contribution is 5.91. The summed E-state index contributed by atoms with van der Waals surface area (Å²) in [6.07, 6.45) is 1.05. The van der Waals surface area contributed by atoms with Crippen molar-refractivity contribution in [2.45, 2.75) is 45.0 Å². The first-order chi connectivity index (χ1) is 11.7. The van der Waals surface area contributed by atoms with Crippen LogP contribution in [0.4, 0.5) is 0 Å². The van der Waals surface area contributed by atoms with Gasteiger partial charge in [-0.15, -0.1) is 0 Å². The fraction of sp³-hybridized carbons (Fsp3) is 0.579. The number of aliphatic hydroxyl groups is 2. The number of carbonyl (C=O) groups is 2. The summed E-state index contributed by atoms with van der Waals surface area (Å²) in [4.78, 5) is 24.1. The summed E-state index contributed by atoms with van der Waals surface area (Å²) in [6.45, 7) is 10.7. The second-order valence-electron chi connectivity index (χ2n) is 7.52. The Morgan fingerprint density at radius 1 is 1.52 bits per heavy atom. The van der Waals surface area contributed by atoms with Crippen molar-refractivity contribution in [3.8, 4) is 0 Å². The number of rotatable bonds is 3. The molecule has 6 nitrogen and oxygen atoms in total. The average Bonchev–Trinajstić information content (AvgIpc) is 2.84. The first-order valence-corrected chi connectivity index (χ1v) is 8.44. The highest BCUT2D eigenvalue weighted by atomic mass is 16.6. The number of fused-ring (bicyclic) bond motifs is 3. The predicted molar refractivity (Wildman–Crippen MR) is 89.2 cm³/mol. The molecule has 0 aromatic carbocycles. The summed E-state index contributed by atoms with van der Waals surface area (Å²) < 4.78 is 11.1. The molecule has 0 spiro atoms. The lowest BCUT2D eigenvalue weighted by atomic mass is 9.54. The number of esters is 2. The number of hydrogen-bond acceptors (Lipinski definition) is 6. The Kier molecular flexibility index (Phi) is 4.37. The molecular formula is C19H24O6. The molecular weight excluding hydrogens is 324 g/mol. The summed E-state index contributed by atoms with van der Waals surface area (Å²) >= 11 is 0. The van der Waals surface area contributed by atoms with Crippen LogP contribution in [0.3, 0.4) is 0 Å². The summed E-state index contributed by atoms with van der Waals surface area (Å²) in [7, 11) is 0. The van der Waals surface area contributed by atoms with Gasteiger partial charge in [-0.3, -0.25) is 0 Å². The van der Waals surface area contributed by atoms with Gasteiger partial charge in [0.2, 0.25) is 0 Å². The first-order valence-electron chi connectivity index (χ1n) is 8.44. The highest BCUT2D eigenvalue weighted by Crippen LogP contribution is 2.56. The predicted octanol–water partition coefficient (Wildman–Crippen LogP) is 1.28. The topological polar surface area (TPSA) is 93.1 Å². The van der Waals surface area contributed by atoms with E-state index < -0.39 is 48.2 Å². The van der Waals surface area contributed by atoms with E-state index in [9.17, 15) is 14.7 Å². The zero-order valence-corrected chi connectivity index (χ0v) is 14.5. The molecule has 0 aromatic heterocycles. The molecule has 136 valence electrons. The Balaban J connectivity index is 1.95. The van der Waals surface area contributed by atoms with Gasteiger partial charge in [-0.1, -0.05) is 31.7 Å². The Morgan fingerprint density at radius 2 is 2.20 bits per heavy atom. The maximum Gasteiger partial charge on any atom is 0.336 e. The van der Waals surface area contributed by atoms with E-state index in [1.165, 1.54) is 0 Å². The van der Waals surface area contributed by atoms with Gasteiger partial charge in [0.1, 0.15) is 12.2 Å². The van der Waals surface area contributed by atoms with Gasteiger partial charge in [-0.25, -0.2) is 9.59 Å². The largest absolute Gasteiger partial charge is 0.458 e. The Bertz CT molecular complexity index is 677. The Labute approximate surface area is 146 Å². The molecule has 1 saturated heterocycles. The quantitative estimate of drug-likeness (QED) is 0.453. The number of ether oxygens (including phenoxy) is 2. The maximum atomic E-state index is 12.1. The van der Waals surface area contributed by atoms with E-state index in [0.717, 1.165) is 5.57 Å². The lowest BCUT2D eigenvalue weighted by molar-refractivity contribution is -0.175. The van der Waals surface area contributed by atoms with Crippen molar-refractivity contribution >= 4 is 11.9 Å². The molecule has 1 aliphatic heterocycles. The van der Waals surface area contributed by atoms with Gasteiger partial charge in [-0.2, -0.15) is 0 Å². The molecule has 3 aliphatic rings. The number of hydrogen-bond donors (Lipinski definition) is 2. The van der Waals surface area contributed by atoms with E-state index >= 15 is 0 Å². The normalized spacial score (nSPS) is 39.8. The van der Waals surface area contributed by atoms with Crippen LogP contribution >= 0.6 is 0 Å². The highest BCUT2D eigenvalue weighted by Gasteiger charge is 2.61. The minimum Gasteiger partial charge on any atom is -0.458 e. The summed E-state index contributed by atoms with van der Waals surface area (Å²) in [6, 6.07) is 0. The summed E-state index contributed by atoms with van der Waals surface area (Å²) in [5.41, 5.74) is 0.761. The zero-order chi connectivity index (χ0) is 18.5. The molecule has 3 rings (SSSR count). The maximum absolute atomic E-state index is 12.1. The fourth-order valence-corrected chi connectivity index (χ4v) is 4.67. The van der Waals surface area contributed by atoms with Gasteiger partial charge >= 0.3 is 11.9 Å². The van der Waals surface area contributed by atoms with Crippen LogP contribution in [0.1, 0.15) is 26.7 Å². The van der Waals surface area contributed by atoms with E-state index in [1.54, 1.807) is 0 Å². The van der Waals surface area contributed by atoms with Crippen molar-refractivity contribution in [1.29, 1.82) is 0 Å². The van der Waals surface area contributed by atoms with Crippen LogP contribution in [-0.2, 0) is 19.1 Å². The van der Waals surface area contributed by atoms with Crippen molar-refractivity contribution in [3.05, 3.63) is 36.0 Å². The monoisotopic (exact) mass is 348 g/mol. The molecule has 0 bridgehead atoms. The number of aliphatic hydroxyl groups excluding tert-OH is 2. The van der Waals surface area contributed by atoms with Crippen molar-refractivity contribution in [1.82, 2.24) is 0 Å². The number of carbonyl (C=O) groups excluding carboxylic acids is 2. The van der Waals surface area contributed by atoms with E-state index in [1.807, 2.05) is 19.9 Å². The van der Waals surface area contributed by atoms with E-state index in [-0.39, 0.29) is 11.5 Å². The molecule has 2 fully saturated rings. The first kappa shape index (κ1) is 17.9. The smallest absolute Gasteiger partial charge is 0.336 e. The zero-order valence-electron chi connectivity index (χ0n) is 14.5. The SMILES string of the molecule is C=C(CO)C(=O)OC1CC=C(C)C2C3OC(=O)C(=C)C3C(O)CC12C. The minimum absolute atomic E-state index is 0.0127. The third-order valence-electron chi connectivity index (χ3n) is 5.97.